The Kier molecular flexibility index (Phi) is 7.68. The summed E-state index contributed by atoms with van der Waals surface area (Å²) in [5.74, 6) is 0.805. The first-order chi connectivity index (χ1) is 20.4. The van der Waals surface area contributed by atoms with Crippen molar-refractivity contribution in [3.63, 3.8) is 0 Å². The maximum absolute atomic E-state index is 13.0. The van der Waals surface area contributed by atoms with Crippen molar-refractivity contribution in [1.82, 2.24) is 19.2 Å². The highest BCUT2D eigenvalue weighted by Gasteiger charge is 2.24. The molecule has 1 saturated heterocycles. The number of rotatable bonds is 6. The van der Waals surface area contributed by atoms with Crippen molar-refractivity contribution < 1.29 is 9.53 Å². The molecule has 0 spiro atoms. The van der Waals surface area contributed by atoms with Gasteiger partial charge in [-0.05, 0) is 73.4 Å². The molecular formula is C35H37N5O2. The number of nitrogens with zero attached hydrogens (tertiary/aromatic N) is 4. The van der Waals surface area contributed by atoms with Gasteiger partial charge < -0.3 is 19.4 Å². The number of imidazole rings is 1. The van der Waals surface area contributed by atoms with E-state index in [4.69, 9.17) is 9.72 Å². The third-order valence-electron chi connectivity index (χ3n) is 8.18. The molecule has 6 rings (SSSR count). The number of para-hydroxylation sites is 1. The molecule has 3 aromatic carbocycles. The van der Waals surface area contributed by atoms with Crippen LogP contribution < -0.4 is 10.1 Å². The van der Waals surface area contributed by atoms with E-state index in [1.54, 1.807) is 7.11 Å². The quantitative estimate of drug-likeness (QED) is 0.245. The van der Waals surface area contributed by atoms with Gasteiger partial charge in [-0.3, -0.25) is 4.90 Å². The number of ether oxygens (including phenoxy) is 1. The second-order valence-corrected chi connectivity index (χ2v) is 11.1. The normalized spacial score (nSPS) is 13.9. The van der Waals surface area contributed by atoms with Gasteiger partial charge in [0.15, 0.2) is 0 Å². The standard InChI is InChI=1S/C35H37N5O2/c1-24-12-13-25(2)30(20-24)28-14-15-33-37-34(27-9-7-10-29(21-27)42-4)32(40(33)22-28)23-38-16-18-39(19-17-38)35(41)36-31-11-6-5-8-26(31)3/h5-15,20-22H,16-19,23H2,1-4H3,(H,36,41). The predicted molar refractivity (Wildman–Crippen MR) is 169 cm³/mol. The third kappa shape index (κ3) is 5.60. The number of hydrogen-bond acceptors (Lipinski definition) is 4. The van der Waals surface area contributed by atoms with Crippen molar-refractivity contribution in [2.75, 3.05) is 38.6 Å². The van der Waals surface area contributed by atoms with Crippen LogP contribution in [0.4, 0.5) is 10.5 Å². The van der Waals surface area contributed by atoms with Crippen LogP contribution in [0.15, 0.2) is 85.1 Å². The molecule has 3 heterocycles. The van der Waals surface area contributed by atoms with Gasteiger partial charge in [-0.2, -0.15) is 0 Å². The summed E-state index contributed by atoms with van der Waals surface area (Å²) >= 11 is 0. The van der Waals surface area contributed by atoms with Gasteiger partial charge >= 0.3 is 6.03 Å². The van der Waals surface area contributed by atoms with Gasteiger partial charge in [0.05, 0.1) is 18.5 Å². The van der Waals surface area contributed by atoms with E-state index in [0.717, 1.165) is 64.8 Å². The Labute approximate surface area is 247 Å². The van der Waals surface area contributed by atoms with Gasteiger partial charge in [-0.1, -0.05) is 54.1 Å². The highest BCUT2D eigenvalue weighted by atomic mass is 16.5. The van der Waals surface area contributed by atoms with Crippen molar-refractivity contribution in [3.8, 4) is 28.1 Å². The molecule has 1 aliphatic heterocycles. The number of carbonyl (C=O) groups excluding carboxylic acids is 1. The second-order valence-electron chi connectivity index (χ2n) is 11.1. The molecule has 1 N–H and O–H groups in total. The number of urea groups is 1. The Morgan fingerprint density at radius 1 is 0.857 bits per heavy atom. The van der Waals surface area contributed by atoms with E-state index in [1.165, 1.54) is 16.7 Å². The van der Waals surface area contributed by atoms with Crippen molar-refractivity contribution >= 4 is 17.4 Å². The van der Waals surface area contributed by atoms with E-state index < -0.39 is 0 Å². The Morgan fingerprint density at radius 2 is 1.67 bits per heavy atom. The summed E-state index contributed by atoms with van der Waals surface area (Å²) in [7, 11) is 1.69. The minimum atomic E-state index is -0.0472. The summed E-state index contributed by atoms with van der Waals surface area (Å²) in [6, 6.07) is 26.8. The zero-order chi connectivity index (χ0) is 29.2. The lowest BCUT2D eigenvalue weighted by Crippen LogP contribution is -2.49. The number of hydrogen-bond donors (Lipinski definition) is 1. The Hall–Kier alpha value is -4.62. The molecular weight excluding hydrogens is 522 g/mol. The number of aryl methyl sites for hydroxylation is 3. The molecule has 0 radical (unpaired) electrons. The summed E-state index contributed by atoms with van der Waals surface area (Å²) in [5.41, 5.74) is 10.8. The number of piperazine rings is 1. The molecule has 7 nitrogen and oxygen atoms in total. The van der Waals surface area contributed by atoms with Gasteiger partial charge in [-0.25, -0.2) is 9.78 Å². The summed E-state index contributed by atoms with van der Waals surface area (Å²) in [4.78, 5) is 22.4. The van der Waals surface area contributed by atoms with E-state index in [9.17, 15) is 4.79 Å². The fourth-order valence-electron chi connectivity index (χ4n) is 5.68. The lowest BCUT2D eigenvalue weighted by molar-refractivity contribution is 0.142. The van der Waals surface area contributed by atoms with Crippen molar-refractivity contribution in [2.45, 2.75) is 27.3 Å². The molecule has 0 bridgehead atoms. The van der Waals surface area contributed by atoms with Crippen LogP contribution in [0.25, 0.3) is 28.0 Å². The predicted octanol–water partition coefficient (Wildman–Crippen LogP) is 6.95. The number of methoxy groups -OCH3 is 1. The van der Waals surface area contributed by atoms with Crippen LogP contribution in [0.3, 0.4) is 0 Å². The number of pyridine rings is 1. The van der Waals surface area contributed by atoms with Gasteiger partial charge in [0, 0.05) is 50.2 Å². The second kappa shape index (κ2) is 11.7. The molecule has 2 amide bonds. The molecule has 1 fully saturated rings. The number of amides is 2. The zero-order valence-corrected chi connectivity index (χ0v) is 24.7. The lowest BCUT2D eigenvalue weighted by Gasteiger charge is -2.34. The fourth-order valence-corrected chi connectivity index (χ4v) is 5.68. The van der Waals surface area contributed by atoms with Crippen LogP contribution in [0.2, 0.25) is 0 Å². The minimum absolute atomic E-state index is 0.0472. The molecule has 214 valence electrons. The molecule has 0 aliphatic carbocycles. The van der Waals surface area contributed by atoms with Crippen molar-refractivity contribution in [3.05, 3.63) is 107 Å². The average Bonchev–Trinajstić information content (AvgIpc) is 3.37. The van der Waals surface area contributed by atoms with Crippen LogP contribution in [-0.2, 0) is 6.54 Å². The topological polar surface area (TPSA) is 62.1 Å². The molecule has 5 aromatic rings. The van der Waals surface area contributed by atoms with Crippen LogP contribution in [0.1, 0.15) is 22.4 Å². The molecule has 0 saturated carbocycles. The lowest BCUT2D eigenvalue weighted by atomic mass is 10.00. The van der Waals surface area contributed by atoms with Crippen LogP contribution in [0.5, 0.6) is 5.75 Å². The Bertz CT molecular complexity index is 1750. The number of anilines is 1. The maximum Gasteiger partial charge on any atom is 0.321 e. The number of carbonyl (C=O) groups is 1. The van der Waals surface area contributed by atoms with E-state index >= 15 is 0 Å². The van der Waals surface area contributed by atoms with Crippen molar-refractivity contribution in [2.24, 2.45) is 0 Å². The van der Waals surface area contributed by atoms with Crippen LogP contribution >= 0.6 is 0 Å². The molecule has 2 aromatic heterocycles. The van der Waals surface area contributed by atoms with Gasteiger partial charge in [0.2, 0.25) is 0 Å². The summed E-state index contributed by atoms with van der Waals surface area (Å²) < 4.78 is 7.78. The molecule has 0 unspecified atom stereocenters. The Morgan fingerprint density at radius 3 is 2.45 bits per heavy atom. The maximum atomic E-state index is 13.0. The molecule has 1 aliphatic rings. The first kappa shape index (κ1) is 27.5. The summed E-state index contributed by atoms with van der Waals surface area (Å²) in [6.07, 6.45) is 2.22. The number of nitrogens with one attached hydrogen (secondary N) is 1. The van der Waals surface area contributed by atoms with Crippen molar-refractivity contribution in [1.29, 1.82) is 0 Å². The number of aromatic nitrogens is 2. The van der Waals surface area contributed by atoms with E-state index in [0.29, 0.717) is 13.1 Å². The molecule has 42 heavy (non-hydrogen) atoms. The highest BCUT2D eigenvalue weighted by Crippen LogP contribution is 2.31. The Balaban J connectivity index is 1.29. The van der Waals surface area contributed by atoms with Crippen LogP contribution in [0, 0.1) is 20.8 Å². The minimum Gasteiger partial charge on any atom is -0.497 e. The third-order valence-corrected chi connectivity index (χ3v) is 8.18. The summed E-state index contributed by atoms with van der Waals surface area (Å²) in [6.45, 7) is 9.90. The average molecular weight is 560 g/mol. The monoisotopic (exact) mass is 559 g/mol. The molecule has 7 heteroatoms. The zero-order valence-electron chi connectivity index (χ0n) is 24.7. The fraction of sp³-hybridized carbons (Fsp3) is 0.257. The SMILES string of the molecule is COc1cccc(-c2nc3ccc(-c4cc(C)ccc4C)cn3c2CN2CCN(C(=O)Nc3ccccc3C)CC2)c1. The van der Waals surface area contributed by atoms with E-state index in [-0.39, 0.29) is 6.03 Å². The van der Waals surface area contributed by atoms with Gasteiger partial charge in [-0.15, -0.1) is 0 Å². The number of fused-ring (bicyclic) bond motifs is 1. The number of benzene rings is 3. The van der Waals surface area contributed by atoms with E-state index in [1.807, 2.05) is 54.3 Å². The van der Waals surface area contributed by atoms with Crippen LogP contribution in [-0.4, -0.2) is 58.5 Å². The summed E-state index contributed by atoms with van der Waals surface area (Å²) in [5, 5.41) is 3.08. The highest BCUT2D eigenvalue weighted by molar-refractivity contribution is 5.90. The largest absolute Gasteiger partial charge is 0.497 e. The first-order valence-corrected chi connectivity index (χ1v) is 14.5. The smallest absolute Gasteiger partial charge is 0.321 e. The van der Waals surface area contributed by atoms with Gasteiger partial charge in [0.1, 0.15) is 11.4 Å². The molecule has 0 atom stereocenters. The van der Waals surface area contributed by atoms with Gasteiger partial charge in [0.25, 0.3) is 0 Å². The first-order valence-electron chi connectivity index (χ1n) is 14.5. The van der Waals surface area contributed by atoms with E-state index in [2.05, 4.69) is 71.1 Å².